The normalized spacial score (nSPS) is 15.5. The first-order valence-corrected chi connectivity index (χ1v) is 34.3. The summed E-state index contributed by atoms with van der Waals surface area (Å²) >= 11 is 3.92. The summed E-state index contributed by atoms with van der Waals surface area (Å²) in [6.07, 6.45) is 6.01. The standard InChI is InChI=1S/C23H37N5O5S.C18H29N5O3S.C17H27N5O4S.C4H8O/c1-8-10-19(29)33-13-28(22(30)20(26-27-24)15(5)9-2)18(14(3)4)11-16(6)21-25-17(12-34-21)23(31)32-7;1-7-11(4)15(22-23-19)16(24)20-13(10(2)3)8-12(5)17-21-14(9-27-17)18(25)26-6;1-6-10(4)14(21-22-18)15(24)19-11(9(2)3)7-13(23)16-20-12(8-27-16)17(25)26-5;1-2-4-5-3-1/h12,14-16,18,20H,8-11,13H2,1-7H3;9-13,15H,7-8H2,1-6H3,(H,20,24);8-11,13-14,23H,6-7H2,1-5H3,(H,19,24);1-4H2/t15-,16+,18+,20+;11-,12+,13+,15+;10-,11+,13+,14+;/m000./s1. The van der Waals surface area contributed by atoms with Crippen molar-refractivity contribution < 1.29 is 62.4 Å². The zero-order chi connectivity index (χ0) is 70.5. The number of azide groups is 3. The number of esters is 4. The molecule has 31 heteroatoms. The van der Waals surface area contributed by atoms with Crippen molar-refractivity contribution in [1.82, 2.24) is 30.5 Å². The summed E-state index contributed by atoms with van der Waals surface area (Å²) in [4.78, 5) is 109. The Morgan fingerprint density at radius 2 is 0.957 bits per heavy atom. The summed E-state index contributed by atoms with van der Waals surface area (Å²) in [5.74, 6) is -2.97. The minimum absolute atomic E-state index is 0.0139. The number of amides is 3. The van der Waals surface area contributed by atoms with Crippen LogP contribution in [-0.2, 0) is 42.9 Å². The van der Waals surface area contributed by atoms with Gasteiger partial charge in [-0.05, 0) is 84.2 Å². The molecule has 520 valence electrons. The zero-order valence-electron chi connectivity index (χ0n) is 57.5. The fourth-order valence-electron chi connectivity index (χ4n) is 9.15. The summed E-state index contributed by atoms with van der Waals surface area (Å²) in [6.45, 7) is 30.9. The van der Waals surface area contributed by atoms with Crippen LogP contribution < -0.4 is 10.6 Å². The van der Waals surface area contributed by atoms with E-state index in [0.717, 1.165) is 41.0 Å². The third-order valence-corrected chi connectivity index (χ3v) is 18.9. The van der Waals surface area contributed by atoms with E-state index in [-0.39, 0.29) is 120 Å². The third-order valence-electron chi connectivity index (χ3n) is 15.8. The summed E-state index contributed by atoms with van der Waals surface area (Å²) in [6, 6.07) is -3.19. The molecule has 1 fully saturated rings. The number of nitrogens with zero attached hydrogens (tertiary/aromatic N) is 13. The van der Waals surface area contributed by atoms with Crippen molar-refractivity contribution in [2.24, 2.45) is 50.9 Å². The maximum atomic E-state index is 13.6. The number of thiazole rings is 3. The largest absolute Gasteiger partial charge is 0.464 e. The predicted octanol–water partition coefficient (Wildman–Crippen LogP) is 13.6. The average molecular weight is 1360 g/mol. The smallest absolute Gasteiger partial charge is 0.357 e. The quantitative estimate of drug-likeness (QED) is 0.0125. The zero-order valence-corrected chi connectivity index (χ0v) is 59.9. The summed E-state index contributed by atoms with van der Waals surface area (Å²) in [7, 11) is 3.90. The Labute approximate surface area is 559 Å². The highest BCUT2D eigenvalue weighted by molar-refractivity contribution is 7.10. The number of aliphatic hydroxyl groups is 1. The lowest BCUT2D eigenvalue weighted by Crippen LogP contribution is -2.50. The molecule has 0 aliphatic carbocycles. The number of methoxy groups -OCH3 is 3. The molecule has 1 aliphatic heterocycles. The number of carbonyl (C=O) groups excluding carboxylic acids is 7. The Bertz CT molecular complexity index is 2790. The number of aromatic nitrogens is 3. The molecular formula is C62H101N15O13S3. The number of nitrogens with one attached hydrogen (secondary N) is 2. The van der Waals surface area contributed by atoms with Crippen LogP contribution in [0.25, 0.3) is 31.3 Å². The first-order chi connectivity index (χ1) is 44.1. The second kappa shape index (κ2) is 45.4. The van der Waals surface area contributed by atoms with Gasteiger partial charge in [0.15, 0.2) is 23.8 Å². The number of ether oxygens (including phenoxy) is 5. The van der Waals surface area contributed by atoms with Gasteiger partial charge in [-0.25, -0.2) is 29.3 Å². The van der Waals surface area contributed by atoms with Crippen molar-refractivity contribution in [3.05, 3.63) is 79.6 Å². The molecule has 0 radical (unpaired) electrons. The van der Waals surface area contributed by atoms with Gasteiger partial charge in [0.25, 0.3) is 0 Å². The Kier molecular flexibility index (Phi) is 41.0. The van der Waals surface area contributed by atoms with Crippen molar-refractivity contribution in [3.63, 3.8) is 0 Å². The van der Waals surface area contributed by atoms with E-state index < -0.39 is 42.1 Å². The van der Waals surface area contributed by atoms with Gasteiger partial charge in [0, 0.05) is 86.9 Å². The van der Waals surface area contributed by atoms with Crippen LogP contribution in [-0.4, -0.2) is 144 Å². The van der Waals surface area contributed by atoms with Gasteiger partial charge < -0.3 is 44.3 Å². The molecule has 3 N–H and O–H groups in total. The number of aliphatic hydroxyl groups excluding tert-OH is 1. The SMILES string of the molecule is C1CCOC1.CCCC(=O)OCN(C(=O)[C@H](N=[N+]=[N-])[C@@H](C)CC)[C@H](C[C@@H](C)c1nc(C(=O)OC)cs1)C(C)C.CC[C@H](C)[C@@H](N=[N+]=[N-])C(=O)N[C@H](C[C@@H](C)c1nc(C(=O)OC)cs1)C(C)C.CC[C@H](C)[C@@H](N=[N+]=[N-])C(=O)N[C@H](C[C@@H](O)c1nc(C(=O)OC)cs1)C(C)C. The van der Waals surface area contributed by atoms with Crippen LogP contribution in [0.5, 0.6) is 0 Å². The van der Waals surface area contributed by atoms with Crippen molar-refractivity contribution in [2.45, 2.75) is 222 Å². The summed E-state index contributed by atoms with van der Waals surface area (Å²) < 4.78 is 24.4. The first kappa shape index (κ1) is 84.0. The van der Waals surface area contributed by atoms with Gasteiger partial charge in [-0.2, -0.15) is 0 Å². The van der Waals surface area contributed by atoms with Gasteiger partial charge in [0.1, 0.15) is 29.2 Å². The van der Waals surface area contributed by atoms with E-state index in [1.54, 1.807) is 10.8 Å². The molecule has 0 saturated carbocycles. The number of hydrogen-bond donors (Lipinski definition) is 3. The third kappa shape index (κ3) is 29.1. The van der Waals surface area contributed by atoms with Gasteiger partial charge in [-0.1, -0.05) is 138 Å². The van der Waals surface area contributed by atoms with Gasteiger partial charge >= 0.3 is 23.9 Å². The van der Waals surface area contributed by atoms with Crippen molar-refractivity contribution in [3.8, 4) is 0 Å². The van der Waals surface area contributed by atoms with E-state index >= 15 is 0 Å². The van der Waals surface area contributed by atoms with E-state index in [1.807, 2.05) is 104 Å². The Balaban J connectivity index is 0.000000675. The fraction of sp³-hybridized carbons (Fsp3) is 0.742. The van der Waals surface area contributed by atoms with Crippen LogP contribution in [0.1, 0.15) is 232 Å². The van der Waals surface area contributed by atoms with Crippen LogP contribution in [0, 0.1) is 35.5 Å². The maximum Gasteiger partial charge on any atom is 0.357 e. The molecule has 0 aromatic carbocycles. The molecule has 4 rings (SSSR count). The molecule has 1 aliphatic rings. The van der Waals surface area contributed by atoms with Gasteiger partial charge in [-0.3, -0.25) is 19.2 Å². The molecule has 12 atom stereocenters. The van der Waals surface area contributed by atoms with Gasteiger partial charge in [0.2, 0.25) is 17.7 Å². The molecule has 93 heavy (non-hydrogen) atoms. The molecular weight excluding hydrogens is 1260 g/mol. The van der Waals surface area contributed by atoms with Crippen molar-refractivity contribution in [1.29, 1.82) is 0 Å². The van der Waals surface area contributed by atoms with Crippen LogP contribution in [0.15, 0.2) is 31.5 Å². The maximum absolute atomic E-state index is 13.6. The highest BCUT2D eigenvalue weighted by Crippen LogP contribution is 2.32. The van der Waals surface area contributed by atoms with Gasteiger partial charge in [-0.15, -0.1) is 34.0 Å². The van der Waals surface area contributed by atoms with Crippen LogP contribution >= 0.6 is 34.0 Å². The van der Waals surface area contributed by atoms with Crippen molar-refractivity contribution >= 4 is 75.6 Å². The average Bonchev–Trinajstić information content (AvgIpc) is 1.98. The van der Waals surface area contributed by atoms with E-state index in [2.05, 4.69) is 60.4 Å². The highest BCUT2D eigenvalue weighted by atomic mass is 32.1. The number of rotatable bonds is 34. The second-order valence-electron chi connectivity index (χ2n) is 23.9. The molecule has 3 aromatic heterocycles. The lowest BCUT2D eigenvalue weighted by atomic mass is 9.91. The number of carbonyl (C=O) groups is 7. The van der Waals surface area contributed by atoms with Crippen molar-refractivity contribution in [2.75, 3.05) is 41.3 Å². The summed E-state index contributed by atoms with van der Waals surface area (Å²) in [5.41, 5.74) is 27.3. The van der Waals surface area contributed by atoms with Gasteiger partial charge in [0.05, 0.1) is 31.3 Å². The van der Waals surface area contributed by atoms with E-state index in [4.69, 9.17) is 35.5 Å². The first-order valence-electron chi connectivity index (χ1n) is 31.7. The Morgan fingerprint density at radius 1 is 0.581 bits per heavy atom. The predicted molar refractivity (Wildman–Crippen MR) is 358 cm³/mol. The fourth-order valence-corrected chi connectivity index (χ4v) is 11.7. The van der Waals surface area contributed by atoms with E-state index in [0.29, 0.717) is 42.8 Å². The molecule has 4 heterocycles. The lowest BCUT2D eigenvalue weighted by molar-refractivity contribution is -0.157. The Hall–Kier alpha value is -6.97. The molecule has 3 amide bonds. The molecule has 28 nitrogen and oxygen atoms in total. The Morgan fingerprint density at radius 3 is 1.31 bits per heavy atom. The van der Waals surface area contributed by atoms with E-state index in [1.165, 1.54) is 67.1 Å². The van der Waals surface area contributed by atoms with Crippen LogP contribution in [0.3, 0.4) is 0 Å². The molecule has 3 aromatic rings. The van der Waals surface area contributed by atoms with E-state index in [9.17, 15) is 38.7 Å². The molecule has 0 spiro atoms. The monoisotopic (exact) mass is 1360 g/mol. The lowest BCUT2D eigenvalue weighted by Gasteiger charge is -2.37. The summed E-state index contributed by atoms with van der Waals surface area (Å²) in [5, 5.41) is 34.3. The minimum atomic E-state index is -0.942. The molecule has 0 unspecified atom stereocenters. The van der Waals surface area contributed by atoms with Crippen LogP contribution in [0.4, 0.5) is 0 Å². The minimum Gasteiger partial charge on any atom is -0.464 e. The molecule has 1 saturated heterocycles. The highest BCUT2D eigenvalue weighted by Gasteiger charge is 2.36. The topological polar surface area (TPSA) is 398 Å². The second-order valence-corrected chi connectivity index (χ2v) is 26.5. The molecule has 0 bridgehead atoms. The van der Waals surface area contributed by atoms with Crippen LogP contribution in [0.2, 0.25) is 0 Å². The number of hydrogen-bond acceptors (Lipinski definition) is 22.